The second kappa shape index (κ2) is 8.41. The zero-order chi connectivity index (χ0) is 23.8. The fourth-order valence-electron chi connectivity index (χ4n) is 3.26. The summed E-state index contributed by atoms with van der Waals surface area (Å²) in [6, 6.07) is 9.48. The van der Waals surface area contributed by atoms with Crippen LogP contribution in [0.4, 0.5) is 18.9 Å². The van der Waals surface area contributed by atoms with Gasteiger partial charge in [0.05, 0.1) is 28.9 Å². The van der Waals surface area contributed by atoms with E-state index in [1.165, 1.54) is 31.3 Å². The third-order valence-corrected chi connectivity index (χ3v) is 5.01. The number of carbonyl (C=O) groups excluding carboxylic acids is 2. The number of nitrogens with zero attached hydrogens (tertiary/aromatic N) is 3. The van der Waals surface area contributed by atoms with Crippen LogP contribution in [0.5, 0.6) is 0 Å². The minimum absolute atomic E-state index is 0.0306. The van der Waals surface area contributed by atoms with E-state index in [2.05, 4.69) is 20.9 Å². The largest absolute Gasteiger partial charge is 0.416 e. The number of benzene rings is 1. The maximum atomic E-state index is 13.1. The maximum absolute atomic E-state index is 13.1. The average molecular weight is 457 g/mol. The number of rotatable bonds is 5. The molecule has 0 unspecified atom stereocenters. The van der Waals surface area contributed by atoms with E-state index in [0.717, 1.165) is 6.07 Å². The number of amides is 2. The SMILES string of the molecule is Cc1ccc(NC(=O)c2cc([C@H](C)NC(=O)c3cnn4ccccc34)on2)cc1C(F)(F)F. The number of pyridine rings is 1. The number of anilines is 1. The van der Waals surface area contributed by atoms with Gasteiger partial charge in [0.25, 0.3) is 11.8 Å². The third kappa shape index (κ3) is 4.56. The Balaban J connectivity index is 1.45. The first-order chi connectivity index (χ1) is 15.6. The zero-order valence-electron chi connectivity index (χ0n) is 17.5. The summed E-state index contributed by atoms with van der Waals surface area (Å²) in [5.74, 6) is -0.946. The number of aryl methyl sites for hydroxylation is 1. The highest BCUT2D eigenvalue weighted by molar-refractivity contribution is 6.03. The molecule has 3 aromatic heterocycles. The Bertz CT molecular complexity index is 1340. The van der Waals surface area contributed by atoms with Crippen LogP contribution in [-0.2, 0) is 6.18 Å². The van der Waals surface area contributed by atoms with Crippen LogP contribution >= 0.6 is 0 Å². The predicted molar refractivity (Wildman–Crippen MR) is 112 cm³/mol. The van der Waals surface area contributed by atoms with E-state index in [9.17, 15) is 22.8 Å². The number of alkyl halides is 3. The van der Waals surface area contributed by atoms with E-state index < -0.39 is 29.6 Å². The van der Waals surface area contributed by atoms with Crippen molar-refractivity contribution in [2.45, 2.75) is 26.1 Å². The van der Waals surface area contributed by atoms with Gasteiger partial charge in [-0.25, -0.2) is 4.52 Å². The van der Waals surface area contributed by atoms with Gasteiger partial charge in [-0.2, -0.15) is 18.3 Å². The number of carbonyl (C=O) groups is 2. The normalized spacial score (nSPS) is 12.5. The molecule has 0 aliphatic rings. The number of hydrogen-bond acceptors (Lipinski definition) is 5. The van der Waals surface area contributed by atoms with Gasteiger partial charge in [0.2, 0.25) is 0 Å². The number of halogens is 3. The first-order valence-electron chi connectivity index (χ1n) is 9.82. The topological polar surface area (TPSA) is 102 Å². The lowest BCUT2D eigenvalue weighted by Crippen LogP contribution is -2.26. The highest BCUT2D eigenvalue weighted by atomic mass is 19.4. The van der Waals surface area contributed by atoms with Crippen molar-refractivity contribution >= 4 is 23.0 Å². The fourth-order valence-corrected chi connectivity index (χ4v) is 3.26. The molecule has 8 nitrogen and oxygen atoms in total. The Morgan fingerprint density at radius 1 is 1.12 bits per heavy atom. The predicted octanol–water partition coefficient (Wildman–Crippen LogP) is 4.39. The highest BCUT2D eigenvalue weighted by Gasteiger charge is 2.32. The quantitative estimate of drug-likeness (QED) is 0.463. The van der Waals surface area contributed by atoms with Crippen LogP contribution in [0.1, 0.15) is 50.7 Å². The van der Waals surface area contributed by atoms with Crippen molar-refractivity contribution in [3.05, 3.63) is 83.0 Å². The van der Waals surface area contributed by atoms with E-state index >= 15 is 0 Å². The lowest BCUT2D eigenvalue weighted by atomic mass is 10.1. The molecule has 0 bridgehead atoms. The summed E-state index contributed by atoms with van der Waals surface area (Å²) in [4.78, 5) is 25.1. The number of nitrogens with one attached hydrogen (secondary N) is 2. The van der Waals surface area contributed by atoms with Crippen molar-refractivity contribution in [1.82, 2.24) is 20.1 Å². The molecule has 0 aliphatic carbocycles. The van der Waals surface area contributed by atoms with Crippen LogP contribution < -0.4 is 10.6 Å². The molecule has 170 valence electrons. The van der Waals surface area contributed by atoms with Crippen LogP contribution in [0.3, 0.4) is 0 Å². The lowest BCUT2D eigenvalue weighted by Gasteiger charge is -2.12. The molecular weight excluding hydrogens is 439 g/mol. The van der Waals surface area contributed by atoms with E-state index in [4.69, 9.17) is 4.52 Å². The summed E-state index contributed by atoms with van der Waals surface area (Å²) in [6.07, 6.45) is -1.39. The monoisotopic (exact) mass is 457 g/mol. The summed E-state index contributed by atoms with van der Waals surface area (Å²) < 4.78 is 46.0. The van der Waals surface area contributed by atoms with Gasteiger partial charge < -0.3 is 15.2 Å². The molecular formula is C22H18F3N5O3. The van der Waals surface area contributed by atoms with Gasteiger partial charge in [0.1, 0.15) is 0 Å². The van der Waals surface area contributed by atoms with Crippen LogP contribution in [0.2, 0.25) is 0 Å². The zero-order valence-corrected chi connectivity index (χ0v) is 17.5. The molecule has 1 atom stereocenters. The summed E-state index contributed by atoms with van der Waals surface area (Å²) >= 11 is 0. The molecule has 0 saturated heterocycles. The first kappa shape index (κ1) is 22.1. The summed E-state index contributed by atoms with van der Waals surface area (Å²) in [5.41, 5.74) is 0.00853. The highest BCUT2D eigenvalue weighted by Crippen LogP contribution is 2.33. The van der Waals surface area contributed by atoms with E-state index in [1.807, 2.05) is 0 Å². The minimum Gasteiger partial charge on any atom is -0.358 e. The average Bonchev–Trinajstić information content (AvgIpc) is 3.42. The standard InChI is InChI=1S/C22H18F3N5O3/c1-12-6-7-14(9-16(12)22(23,24)25)28-21(32)17-10-19(33-29-17)13(2)27-20(31)15-11-26-30-8-4-3-5-18(15)30/h3-11,13H,1-2H3,(H,27,31)(H,28,32)/t13-/m0/s1. The molecule has 0 fully saturated rings. The molecule has 0 aliphatic heterocycles. The second-order valence-electron chi connectivity index (χ2n) is 7.38. The molecule has 1 aromatic carbocycles. The molecule has 3 heterocycles. The Kier molecular flexibility index (Phi) is 5.62. The van der Waals surface area contributed by atoms with Gasteiger partial charge in [-0.1, -0.05) is 17.3 Å². The van der Waals surface area contributed by atoms with Crippen molar-refractivity contribution in [2.24, 2.45) is 0 Å². The van der Waals surface area contributed by atoms with Gasteiger partial charge in [-0.3, -0.25) is 9.59 Å². The summed E-state index contributed by atoms with van der Waals surface area (Å²) in [6.45, 7) is 2.97. The second-order valence-corrected chi connectivity index (χ2v) is 7.38. The summed E-state index contributed by atoms with van der Waals surface area (Å²) in [5, 5.41) is 12.9. The van der Waals surface area contributed by atoms with Crippen molar-refractivity contribution in [3.63, 3.8) is 0 Å². The smallest absolute Gasteiger partial charge is 0.358 e. The minimum atomic E-state index is -4.54. The molecule has 4 aromatic rings. The van der Waals surface area contributed by atoms with Crippen molar-refractivity contribution in [3.8, 4) is 0 Å². The van der Waals surface area contributed by atoms with Gasteiger partial charge in [0, 0.05) is 18.0 Å². The molecule has 2 N–H and O–H groups in total. The van der Waals surface area contributed by atoms with Crippen LogP contribution in [0, 0.1) is 6.92 Å². The van der Waals surface area contributed by atoms with Crippen molar-refractivity contribution < 1.29 is 27.3 Å². The lowest BCUT2D eigenvalue weighted by molar-refractivity contribution is -0.138. The summed E-state index contributed by atoms with van der Waals surface area (Å²) in [7, 11) is 0. The van der Waals surface area contributed by atoms with Crippen LogP contribution in [0.15, 0.2) is 59.4 Å². The molecule has 11 heteroatoms. The Morgan fingerprint density at radius 3 is 2.67 bits per heavy atom. The molecule has 2 amide bonds. The molecule has 4 rings (SSSR count). The number of aromatic nitrogens is 3. The van der Waals surface area contributed by atoms with E-state index in [1.54, 1.807) is 35.8 Å². The van der Waals surface area contributed by atoms with Gasteiger partial charge in [0.15, 0.2) is 11.5 Å². The Morgan fingerprint density at radius 2 is 1.91 bits per heavy atom. The van der Waals surface area contributed by atoms with Crippen LogP contribution in [0.25, 0.3) is 5.52 Å². The number of hydrogen-bond donors (Lipinski definition) is 2. The Labute approximate surface area is 185 Å². The van der Waals surface area contributed by atoms with Gasteiger partial charge in [-0.15, -0.1) is 0 Å². The fraction of sp³-hybridized carbons (Fsp3) is 0.182. The molecule has 0 radical (unpaired) electrons. The molecule has 33 heavy (non-hydrogen) atoms. The van der Waals surface area contributed by atoms with Gasteiger partial charge in [-0.05, 0) is 43.7 Å². The maximum Gasteiger partial charge on any atom is 0.416 e. The Hall–Kier alpha value is -4.15. The van der Waals surface area contributed by atoms with Gasteiger partial charge >= 0.3 is 6.18 Å². The van der Waals surface area contributed by atoms with Crippen LogP contribution in [-0.4, -0.2) is 26.6 Å². The number of fused-ring (bicyclic) bond motifs is 1. The molecule has 0 saturated carbocycles. The first-order valence-corrected chi connectivity index (χ1v) is 9.82. The third-order valence-electron chi connectivity index (χ3n) is 5.01. The van der Waals surface area contributed by atoms with Crippen molar-refractivity contribution in [1.29, 1.82) is 0 Å². The van der Waals surface area contributed by atoms with E-state index in [0.29, 0.717) is 11.1 Å². The van der Waals surface area contributed by atoms with Crippen molar-refractivity contribution in [2.75, 3.05) is 5.32 Å². The molecule has 0 spiro atoms. The van der Waals surface area contributed by atoms with E-state index in [-0.39, 0.29) is 22.7 Å².